The van der Waals surface area contributed by atoms with Crippen molar-refractivity contribution < 1.29 is 0 Å². The van der Waals surface area contributed by atoms with Crippen molar-refractivity contribution in [2.75, 3.05) is 6.54 Å². The van der Waals surface area contributed by atoms with Gasteiger partial charge < -0.3 is 5.32 Å². The molecule has 0 spiro atoms. The quantitative estimate of drug-likeness (QED) is 0.599. The minimum Gasteiger partial charge on any atom is -0.313 e. The zero-order chi connectivity index (χ0) is 11.8. The highest BCUT2D eigenvalue weighted by Gasteiger charge is 2.15. The Kier molecular flexibility index (Phi) is 8.13. The van der Waals surface area contributed by atoms with E-state index >= 15 is 0 Å². The summed E-state index contributed by atoms with van der Waals surface area (Å²) in [5.41, 5.74) is 0. The number of unbranched alkanes of at least 4 members (excludes halogenated alkanes) is 1. The molecule has 1 heteroatoms. The Hall–Kier alpha value is -0.0400. The lowest BCUT2D eigenvalue weighted by Crippen LogP contribution is -2.38. The van der Waals surface area contributed by atoms with E-state index in [4.69, 9.17) is 0 Å². The normalized spacial score (nSPS) is 12.4. The predicted molar refractivity (Wildman–Crippen MR) is 70.2 cm³/mol. The summed E-state index contributed by atoms with van der Waals surface area (Å²) in [6, 6.07) is 0.684. The van der Waals surface area contributed by atoms with Crippen LogP contribution in [0.25, 0.3) is 0 Å². The molecule has 0 aliphatic rings. The zero-order valence-electron chi connectivity index (χ0n) is 11.6. The van der Waals surface area contributed by atoms with Crippen LogP contribution in [0.5, 0.6) is 0 Å². The third kappa shape index (κ3) is 7.84. The highest BCUT2D eigenvalue weighted by atomic mass is 14.9. The summed E-state index contributed by atoms with van der Waals surface area (Å²) in [5.74, 6) is 2.35. The molecule has 0 aromatic carbocycles. The van der Waals surface area contributed by atoms with E-state index in [-0.39, 0.29) is 0 Å². The van der Waals surface area contributed by atoms with Crippen molar-refractivity contribution >= 4 is 0 Å². The van der Waals surface area contributed by atoms with Crippen molar-refractivity contribution in [3.63, 3.8) is 0 Å². The highest BCUT2D eigenvalue weighted by Crippen LogP contribution is 2.12. The maximum atomic E-state index is 3.69. The summed E-state index contributed by atoms with van der Waals surface area (Å²) in [6.45, 7) is 15.0. The Morgan fingerprint density at radius 1 is 0.800 bits per heavy atom. The molecule has 0 heterocycles. The number of hydrogen-bond acceptors (Lipinski definition) is 1. The molecular formula is C14H31N. The van der Waals surface area contributed by atoms with Crippen molar-refractivity contribution in [3.05, 3.63) is 0 Å². The molecule has 0 aliphatic carbocycles. The van der Waals surface area contributed by atoms with Crippen molar-refractivity contribution in [2.24, 2.45) is 17.8 Å². The molecule has 1 N–H and O–H groups in total. The van der Waals surface area contributed by atoms with E-state index in [1.165, 1.54) is 25.8 Å². The van der Waals surface area contributed by atoms with Crippen LogP contribution in [-0.2, 0) is 0 Å². The van der Waals surface area contributed by atoms with E-state index in [9.17, 15) is 0 Å². The first-order chi connectivity index (χ1) is 6.95. The van der Waals surface area contributed by atoms with Gasteiger partial charge >= 0.3 is 0 Å². The molecule has 0 aromatic rings. The van der Waals surface area contributed by atoms with Gasteiger partial charge in [0.1, 0.15) is 0 Å². The molecule has 0 radical (unpaired) electrons. The Balaban J connectivity index is 3.55. The van der Waals surface area contributed by atoms with Gasteiger partial charge in [-0.3, -0.25) is 0 Å². The lowest BCUT2D eigenvalue weighted by molar-refractivity contribution is 0.311. The fraction of sp³-hybridized carbons (Fsp3) is 1.00. The maximum absolute atomic E-state index is 3.69. The molecule has 0 unspecified atom stereocenters. The Morgan fingerprint density at radius 3 is 1.73 bits per heavy atom. The average Bonchev–Trinajstić information content (AvgIpc) is 2.08. The van der Waals surface area contributed by atoms with Crippen LogP contribution < -0.4 is 5.32 Å². The molecule has 0 saturated heterocycles. The van der Waals surface area contributed by atoms with Gasteiger partial charge in [0.05, 0.1) is 0 Å². The lowest BCUT2D eigenvalue weighted by atomic mass is 9.93. The largest absolute Gasteiger partial charge is 0.313 e. The molecule has 0 aliphatic heterocycles. The minimum atomic E-state index is 0.684. The Bertz CT molecular complexity index is 130. The SMILES string of the molecule is CC(C)CCCCNC(C(C)C)C(C)C. The van der Waals surface area contributed by atoms with Gasteiger partial charge in [-0.2, -0.15) is 0 Å². The highest BCUT2D eigenvalue weighted by molar-refractivity contribution is 4.73. The van der Waals surface area contributed by atoms with Crippen LogP contribution in [0.1, 0.15) is 60.8 Å². The predicted octanol–water partition coefficient (Wildman–Crippen LogP) is 4.08. The van der Waals surface area contributed by atoms with E-state index < -0.39 is 0 Å². The van der Waals surface area contributed by atoms with Crippen LogP contribution in [0.15, 0.2) is 0 Å². The summed E-state index contributed by atoms with van der Waals surface area (Å²) in [6.07, 6.45) is 4.07. The van der Waals surface area contributed by atoms with Crippen molar-refractivity contribution in [1.29, 1.82) is 0 Å². The monoisotopic (exact) mass is 213 g/mol. The number of nitrogens with one attached hydrogen (secondary N) is 1. The average molecular weight is 213 g/mol. The standard InChI is InChI=1S/C14H31N/c1-11(2)9-7-8-10-15-14(12(3)4)13(5)6/h11-15H,7-10H2,1-6H3. The third-order valence-electron chi connectivity index (χ3n) is 3.02. The van der Waals surface area contributed by atoms with Crippen molar-refractivity contribution in [1.82, 2.24) is 5.32 Å². The molecule has 0 saturated carbocycles. The summed E-state index contributed by atoms with van der Waals surface area (Å²) in [7, 11) is 0. The smallest absolute Gasteiger partial charge is 0.0113 e. The third-order valence-corrected chi connectivity index (χ3v) is 3.02. The number of hydrogen-bond donors (Lipinski definition) is 1. The summed E-state index contributed by atoms with van der Waals surface area (Å²) in [4.78, 5) is 0. The lowest BCUT2D eigenvalue weighted by Gasteiger charge is -2.26. The van der Waals surface area contributed by atoms with Crippen LogP contribution >= 0.6 is 0 Å². The Labute approximate surface area is 97.0 Å². The molecule has 0 bridgehead atoms. The van der Waals surface area contributed by atoms with Crippen LogP contribution in [0.2, 0.25) is 0 Å². The van der Waals surface area contributed by atoms with Crippen molar-refractivity contribution in [2.45, 2.75) is 66.8 Å². The number of rotatable bonds is 8. The second kappa shape index (κ2) is 8.15. The van der Waals surface area contributed by atoms with Gasteiger partial charge in [0, 0.05) is 6.04 Å². The second-order valence-electron chi connectivity index (χ2n) is 5.86. The minimum absolute atomic E-state index is 0.684. The first-order valence-electron chi connectivity index (χ1n) is 6.68. The first-order valence-corrected chi connectivity index (χ1v) is 6.68. The van der Waals surface area contributed by atoms with E-state index in [1.807, 2.05) is 0 Å². The molecule has 0 rings (SSSR count). The van der Waals surface area contributed by atoms with Crippen molar-refractivity contribution in [3.8, 4) is 0 Å². The summed E-state index contributed by atoms with van der Waals surface area (Å²) in [5, 5.41) is 3.69. The van der Waals surface area contributed by atoms with Gasteiger partial charge in [-0.15, -0.1) is 0 Å². The molecular weight excluding hydrogens is 182 g/mol. The van der Waals surface area contributed by atoms with E-state index in [0.717, 1.165) is 17.8 Å². The molecule has 0 amide bonds. The zero-order valence-corrected chi connectivity index (χ0v) is 11.6. The van der Waals surface area contributed by atoms with E-state index in [0.29, 0.717) is 6.04 Å². The van der Waals surface area contributed by atoms with Gasteiger partial charge in [-0.05, 0) is 30.7 Å². The van der Waals surface area contributed by atoms with Crippen LogP contribution in [0, 0.1) is 17.8 Å². The van der Waals surface area contributed by atoms with Gasteiger partial charge in [-0.25, -0.2) is 0 Å². The molecule has 0 fully saturated rings. The van der Waals surface area contributed by atoms with Crippen LogP contribution in [0.4, 0.5) is 0 Å². The molecule has 0 atom stereocenters. The molecule has 92 valence electrons. The molecule has 1 nitrogen and oxygen atoms in total. The first kappa shape index (κ1) is 15.0. The molecule has 15 heavy (non-hydrogen) atoms. The summed E-state index contributed by atoms with van der Waals surface area (Å²) < 4.78 is 0. The van der Waals surface area contributed by atoms with Crippen LogP contribution in [-0.4, -0.2) is 12.6 Å². The van der Waals surface area contributed by atoms with Crippen LogP contribution in [0.3, 0.4) is 0 Å². The van der Waals surface area contributed by atoms with Gasteiger partial charge in [0.2, 0.25) is 0 Å². The van der Waals surface area contributed by atoms with E-state index in [1.54, 1.807) is 0 Å². The topological polar surface area (TPSA) is 12.0 Å². The van der Waals surface area contributed by atoms with Gasteiger partial charge in [0.25, 0.3) is 0 Å². The maximum Gasteiger partial charge on any atom is 0.0113 e. The fourth-order valence-electron chi connectivity index (χ4n) is 2.19. The molecule has 0 aromatic heterocycles. The fourth-order valence-corrected chi connectivity index (χ4v) is 2.19. The Morgan fingerprint density at radius 2 is 1.33 bits per heavy atom. The van der Waals surface area contributed by atoms with Gasteiger partial charge in [-0.1, -0.05) is 54.4 Å². The van der Waals surface area contributed by atoms with Gasteiger partial charge in [0.15, 0.2) is 0 Å². The second-order valence-corrected chi connectivity index (χ2v) is 5.86. The summed E-state index contributed by atoms with van der Waals surface area (Å²) >= 11 is 0. The van der Waals surface area contributed by atoms with E-state index in [2.05, 4.69) is 46.9 Å².